The van der Waals surface area contributed by atoms with Crippen molar-refractivity contribution < 1.29 is 8.42 Å². The van der Waals surface area contributed by atoms with E-state index in [1.54, 1.807) is 30.5 Å². The van der Waals surface area contributed by atoms with Gasteiger partial charge in [-0.05, 0) is 30.3 Å². The molecule has 0 aliphatic heterocycles. The van der Waals surface area contributed by atoms with E-state index in [1.807, 2.05) is 12.1 Å². The standard InChI is InChI=1S/C15H16N4O2S/c1-17-22(20,21)11-13-6-4-12(5-7-13)10-19-15-14(9-16)3-2-8-18-15/h2-8,17H,10-11H2,1H3,(H,18,19). The number of rotatable bonds is 6. The van der Waals surface area contributed by atoms with Gasteiger partial charge in [0.2, 0.25) is 10.0 Å². The van der Waals surface area contributed by atoms with E-state index in [1.165, 1.54) is 7.05 Å². The molecule has 0 spiro atoms. The van der Waals surface area contributed by atoms with Gasteiger partial charge in [0, 0.05) is 12.7 Å². The van der Waals surface area contributed by atoms with Crippen LogP contribution in [0.2, 0.25) is 0 Å². The molecule has 1 heterocycles. The number of anilines is 1. The van der Waals surface area contributed by atoms with Gasteiger partial charge in [-0.2, -0.15) is 5.26 Å². The third-order valence-corrected chi connectivity index (χ3v) is 4.41. The zero-order valence-corrected chi connectivity index (χ0v) is 12.9. The number of pyridine rings is 1. The van der Waals surface area contributed by atoms with E-state index in [0.29, 0.717) is 23.5 Å². The Labute approximate surface area is 129 Å². The monoisotopic (exact) mass is 316 g/mol. The van der Waals surface area contributed by atoms with Crippen LogP contribution in [0.25, 0.3) is 0 Å². The second-order valence-corrected chi connectivity index (χ2v) is 6.57. The second-order valence-electron chi connectivity index (χ2n) is 4.64. The lowest BCUT2D eigenvalue weighted by atomic mass is 10.1. The molecule has 6 nitrogen and oxygen atoms in total. The minimum absolute atomic E-state index is 0.0456. The van der Waals surface area contributed by atoms with E-state index < -0.39 is 10.0 Å². The van der Waals surface area contributed by atoms with Crippen molar-refractivity contribution in [2.45, 2.75) is 12.3 Å². The number of benzene rings is 1. The van der Waals surface area contributed by atoms with Gasteiger partial charge in [0.15, 0.2) is 0 Å². The first-order chi connectivity index (χ1) is 10.5. The van der Waals surface area contributed by atoms with Gasteiger partial charge in [0.1, 0.15) is 11.9 Å². The normalized spacial score (nSPS) is 10.9. The van der Waals surface area contributed by atoms with Crippen LogP contribution < -0.4 is 10.0 Å². The predicted molar refractivity (Wildman–Crippen MR) is 84.4 cm³/mol. The molecule has 2 N–H and O–H groups in total. The van der Waals surface area contributed by atoms with Crippen LogP contribution in [0.15, 0.2) is 42.6 Å². The van der Waals surface area contributed by atoms with Crippen LogP contribution in [0.3, 0.4) is 0 Å². The second kappa shape index (κ2) is 7.02. The van der Waals surface area contributed by atoms with Gasteiger partial charge < -0.3 is 5.32 Å². The summed E-state index contributed by atoms with van der Waals surface area (Å²) in [6.45, 7) is 0.505. The number of hydrogen-bond acceptors (Lipinski definition) is 5. The summed E-state index contributed by atoms with van der Waals surface area (Å²) in [4.78, 5) is 4.12. The molecule has 7 heteroatoms. The topological polar surface area (TPSA) is 94.9 Å². The van der Waals surface area contributed by atoms with Crippen LogP contribution in [0.5, 0.6) is 0 Å². The molecule has 0 aliphatic rings. The fraction of sp³-hybridized carbons (Fsp3) is 0.200. The number of nitrogens with one attached hydrogen (secondary N) is 2. The summed E-state index contributed by atoms with van der Waals surface area (Å²) in [6, 6.07) is 12.7. The van der Waals surface area contributed by atoms with Crippen molar-refractivity contribution in [2.24, 2.45) is 0 Å². The Morgan fingerprint density at radius 2 is 1.86 bits per heavy atom. The van der Waals surface area contributed by atoms with Crippen molar-refractivity contribution in [3.8, 4) is 6.07 Å². The SMILES string of the molecule is CNS(=O)(=O)Cc1ccc(CNc2ncccc2C#N)cc1. The molecule has 2 rings (SSSR count). The molecule has 0 amide bonds. The molecule has 0 aliphatic carbocycles. The van der Waals surface area contributed by atoms with E-state index in [4.69, 9.17) is 5.26 Å². The predicted octanol–water partition coefficient (Wildman–Crippen LogP) is 1.61. The summed E-state index contributed by atoms with van der Waals surface area (Å²) in [7, 11) is -1.87. The maximum atomic E-state index is 11.5. The van der Waals surface area contributed by atoms with Crippen molar-refractivity contribution in [1.29, 1.82) is 5.26 Å². The van der Waals surface area contributed by atoms with E-state index in [2.05, 4.69) is 21.1 Å². The van der Waals surface area contributed by atoms with E-state index in [9.17, 15) is 8.42 Å². The lowest BCUT2D eigenvalue weighted by Gasteiger charge is -2.08. The molecule has 22 heavy (non-hydrogen) atoms. The summed E-state index contributed by atoms with van der Waals surface area (Å²) in [5, 5.41) is 12.1. The highest BCUT2D eigenvalue weighted by Crippen LogP contribution is 2.13. The molecule has 0 unspecified atom stereocenters. The molecule has 0 bridgehead atoms. The van der Waals surface area contributed by atoms with Crippen LogP contribution in [0, 0.1) is 11.3 Å². The fourth-order valence-electron chi connectivity index (χ4n) is 1.87. The highest BCUT2D eigenvalue weighted by atomic mass is 32.2. The Morgan fingerprint density at radius 3 is 2.50 bits per heavy atom. The summed E-state index contributed by atoms with van der Waals surface area (Å²) in [5.74, 6) is 0.489. The van der Waals surface area contributed by atoms with Gasteiger partial charge in [-0.15, -0.1) is 0 Å². The van der Waals surface area contributed by atoms with Crippen LogP contribution in [0.4, 0.5) is 5.82 Å². The Morgan fingerprint density at radius 1 is 1.18 bits per heavy atom. The minimum atomic E-state index is -3.26. The number of aromatic nitrogens is 1. The molecule has 0 saturated carbocycles. The largest absolute Gasteiger partial charge is 0.365 e. The molecule has 0 saturated heterocycles. The van der Waals surface area contributed by atoms with Crippen molar-refractivity contribution in [3.05, 3.63) is 59.3 Å². The first kappa shape index (κ1) is 15.9. The molecule has 2 aromatic rings. The third-order valence-electron chi connectivity index (χ3n) is 3.08. The van der Waals surface area contributed by atoms with Gasteiger partial charge in [-0.1, -0.05) is 24.3 Å². The molecular formula is C15H16N4O2S. The molecular weight excluding hydrogens is 300 g/mol. The van der Waals surface area contributed by atoms with Crippen molar-refractivity contribution >= 4 is 15.8 Å². The molecule has 0 atom stereocenters. The average molecular weight is 316 g/mol. The summed E-state index contributed by atoms with van der Waals surface area (Å²) < 4.78 is 25.2. The van der Waals surface area contributed by atoms with E-state index in [-0.39, 0.29) is 5.75 Å². The maximum Gasteiger partial charge on any atom is 0.215 e. The van der Waals surface area contributed by atoms with Gasteiger partial charge >= 0.3 is 0 Å². The number of nitrogens with zero attached hydrogens (tertiary/aromatic N) is 2. The minimum Gasteiger partial charge on any atom is -0.365 e. The molecule has 1 aromatic heterocycles. The van der Waals surface area contributed by atoms with Crippen molar-refractivity contribution in [1.82, 2.24) is 9.71 Å². The lowest BCUT2D eigenvalue weighted by Crippen LogP contribution is -2.20. The van der Waals surface area contributed by atoms with E-state index in [0.717, 1.165) is 5.56 Å². The van der Waals surface area contributed by atoms with Gasteiger partial charge in [0.25, 0.3) is 0 Å². The summed E-state index contributed by atoms with van der Waals surface area (Å²) in [5.41, 5.74) is 2.17. The van der Waals surface area contributed by atoms with Crippen LogP contribution in [-0.4, -0.2) is 20.4 Å². The van der Waals surface area contributed by atoms with Gasteiger partial charge in [-0.3, -0.25) is 0 Å². The first-order valence-electron chi connectivity index (χ1n) is 6.62. The van der Waals surface area contributed by atoms with Crippen LogP contribution >= 0.6 is 0 Å². The summed E-state index contributed by atoms with van der Waals surface area (Å²) >= 11 is 0. The molecule has 1 aromatic carbocycles. The van der Waals surface area contributed by atoms with Crippen molar-refractivity contribution in [3.63, 3.8) is 0 Å². The Kier molecular flexibility index (Phi) is 5.09. The molecule has 0 radical (unpaired) electrons. The smallest absolute Gasteiger partial charge is 0.215 e. The average Bonchev–Trinajstić information content (AvgIpc) is 2.54. The first-order valence-corrected chi connectivity index (χ1v) is 8.27. The molecule has 0 fully saturated rings. The Bertz CT molecular complexity index is 780. The number of hydrogen-bond donors (Lipinski definition) is 2. The quantitative estimate of drug-likeness (QED) is 0.844. The highest BCUT2D eigenvalue weighted by molar-refractivity contribution is 7.88. The van der Waals surface area contributed by atoms with Crippen LogP contribution in [-0.2, 0) is 22.3 Å². The number of sulfonamides is 1. The van der Waals surface area contributed by atoms with Crippen molar-refractivity contribution in [2.75, 3.05) is 12.4 Å². The maximum absolute atomic E-state index is 11.5. The van der Waals surface area contributed by atoms with E-state index >= 15 is 0 Å². The highest BCUT2D eigenvalue weighted by Gasteiger charge is 2.08. The zero-order valence-electron chi connectivity index (χ0n) is 12.1. The molecule has 114 valence electrons. The Hall–Kier alpha value is -2.43. The lowest BCUT2D eigenvalue weighted by molar-refractivity contribution is 0.587. The number of nitriles is 1. The third kappa shape index (κ3) is 4.28. The zero-order chi connectivity index (χ0) is 16.0. The van der Waals surface area contributed by atoms with Crippen LogP contribution in [0.1, 0.15) is 16.7 Å². The fourth-order valence-corrected chi connectivity index (χ4v) is 2.64. The Balaban J connectivity index is 2.02. The van der Waals surface area contributed by atoms with Gasteiger partial charge in [-0.25, -0.2) is 18.1 Å². The summed E-state index contributed by atoms with van der Waals surface area (Å²) in [6.07, 6.45) is 1.62. The van der Waals surface area contributed by atoms with Gasteiger partial charge in [0.05, 0.1) is 11.3 Å².